The Morgan fingerprint density at radius 3 is 1.70 bits per heavy atom. The van der Waals surface area contributed by atoms with Gasteiger partial charge in [0, 0.05) is 37.7 Å². The van der Waals surface area contributed by atoms with Crippen LogP contribution in [0.2, 0.25) is 0 Å². The van der Waals surface area contributed by atoms with Gasteiger partial charge in [0.05, 0.1) is 24.2 Å². The van der Waals surface area contributed by atoms with Gasteiger partial charge in [0.2, 0.25) is 35.3 Å². The molecule has 1 aromatic heterocycles. The zero-order chi connectivity index (χ0) is 50.2. The topological polar surface area (TPSA) is 350 Å². The molecule has 0 spiro atoms. The number of ether oxygens (including phenoxy) is 3. The Hall–Kier alpha value is -6.63. The molecule has 0 aliphatic heterocycles. The Kier molecular flexibility index (Phi) is 24.5. The summed E-state index contributed by atoms with van der Waals surface area (Å²) in [5.74, 6) is -5.96. The highest BCUT2D eigenvalue weighted by Gasteiger charge is 2.30. The summed E-state index contributed by atoms with van der Waals surface area (Å²) < 4.78 is 16.7. The molecule has 0 fully saturated rings. The average molecular weight is 978 g/mol. The smallest absolute Gasteiger partial charge is 0.326 e. The van der Waals surface area contributed by atoms with Gasteiger partial charge in [-0.15, -0.1) is 0 Å². The standard InChI is InChI=1S/C42H63N11O12S2/c1-22(37(57)48-23(2)38(58)51-28(11-7-9-15-45-24(3)66)40(60)52-30(41(61)62)12-8-10-16-46-25(4)67)49-39(59)29(13-14-34(55)56)50-33(54)21-65-35-31(63-5)18-26(19-32(35)64-6)17-27-20-47-42(44)53-36(27)43/h18-20,22-23,28-30H,7-17,21H2,1-6H3,(H,45,66)(H,46,67)(H,48,57)(H,49,59)(H,50,54)(H,51,58)(H,52,60)(H,55,56)(H,61,62)(H4,43,44,47,53). The van der Waals surface area contributed by atoms with Crippen LogP contribution >= 0.6 is 24.4 Å². The first-order chi connectivity index (χ1) is 31.6. The molecule has 25 heteroatoms. The molecular weight excluding hydrogens is 915 g/mol. The number of aliphatic carboxylic acids is 2. The maximum Gasteiger partial charge on any atom is 0.326 e. The minimum Gasteiger partial charge on any atom is -0.493 e. The van der Waals surface area contributed by atoms with Gasteiger partial charge < -0.3 is 73.1 Å². The number of aromatic nitrogens is 2. The number of amides is 5. The molecule has 0 aliphatic rings. The van der Waals surface area contributed by atoms with E-state index in [9.17, 15) is 43.8 Å². The predicted octanol–water partition coefficient (Wildman–Crippen LogP) is 0.255. The molecule has 0 radical (unpaired) electrons. The second kappa shape index (κ2) is 29.1. The van der Waals surface area contributed by atoms with Gasteiger partial charge in [0.25, 0.3) is 5.91 Å². The molecule has 0 saturated heterocycles. The van der Waals surface area contributed by atoms with E-state index in [0.717, 1.165) is 0 Å². The molecule has 67 heavy (non-hydrogen) atoms. The van der Waals surface area contributed by atoms with E-state index in [2.05, 4.69) is 47.2 Å². The van der Waals surface area contributed by atoms with Crippen LogP contribution in [-0.2, 0) is 40.0 Å². The van der Waals surface area contributed by atoms with Crippen LogP contribution in [0, 0.1) is 0 Å². The zero-order valence-corrected chi connectivity index (χ0v) is 40.1. The third-order valence-corrected chi connectivity index (χ3v) is 10.1. The van der Waals surface area contributed by atoms with E-state index >= 15 is 0 Å². The van der Waals surface area contributed by atoms with Gasteiger partial charge in [-0.2, -0.15) is 4.98 Å². The van der Waals surface area contributed by atoms with Crippen molar-refractivity contribution in [2.45, 2.75) is 116 Å². The molecule has 2 aromatic rings. The Morgan fingerprint density at radius 1 is 0.701 bits per heavy atom. The number of nitrogens with two attached hydrogens (primary N) is 2. The van der Waals surface area contributed by atoms with Crippen LogP contribution in [0.4, 0.5) is 11.8 Å². The van der Waals surface area contributed by atoms with Crippen molar-refractivity contribution < 1.29 is 58.0 Å². The lowest BCUT2D eigenvalue weighted by molar-refractivity contribution is -0.142. The maximum absolute atomic E-state index is 13.4. The Labute approximate surface area is 399 Å². The fourth-order valence-electron chi connectivity index (χ4n) is 6.23. The number of carboxylic acids is 2. The molecule has 23 nitrogen and oxygen atoms in total. The zero-order valence-electron chi connectivity index (χ0n) is 38.4. The van der Waals surface area contributed by atoms with Gasteiger partial charge >= 0.3 is 11.9 Å². The predicted molar refractivity (Wildman–Crippen MR) is 254 cm³/mol. The number of nitrogen functional groups attached to an aromatic ring is 2. The second-order valence-electron chi connectivity index (χ2n) is 15.4. The number of hydrogen-bond acceptors (Lipinski definition) is 16. The number of anilines is 2. The number of thiocarbonyl (C=S) groups is 2. The normalized spacial score (nSPS) is 12.9. The molecule has 370 valence electrons. The number of rotatable bonds is 30. The third-order valence-electron chi connectivity index (χ3n) is 9.82. The first kappa shape index (κ1) is 56.5. The first-order valence-electron chi connectivity index (χ1n) is 21.3. The minimum atomic E-state index is -1.44. The number of carbonyl (C=O) groups is 7. The molecular formula is C42H63N11O12S2. The Morgan fingerprint density at radius 2 is 1.19 bits per heavy atom. The molecule has 0 saturated carbocycles. The third kappa shape index (κ3) is 21.0. The highest BCUT2D eigenvalue weighted by atomic mass is 32.1. The summed E-state index contributed by atoms with van der Waals surface area (Å²) in [5.41, 5.74) is 12.8. The number of unbranched alkanes of at least 4 members (excludes halogenated alkanes) is 2. The van der Waals surface area contributed by atoms with Gasteiger partial charge in [0.15, 0.2) is 18.1 Å². The molecule has 5 amide bonds. The highest BCUT2D eigenvalue weighted by Crippen LogP contribution is 2.39. The number of nitrogens with one attached hydrogen (secondary N) is 7. The second-order valence-corrected chi connectivity index (χ2v) is 16.6. The summed E-state index contributed by atoms with van der Waals surface area (Å²) >= 11 is 10.0. The number of benzene rings is 1. The number of carboxylic acid groups (broad SMARTS) is 2. The van der Waals surface area contributed by atoms with Crippen LogP contribution < -0.4 is 62.9 Å². The van der Waals surface area contributed by atoms with E-state index in [4.69, 9.17) is 50.1 Å². The summed E-state index contributed by atoms with van der Waals surface area (Å²) in [5, 5.41) is 37.6. The number of carbonyl (C=O) groups excluding carboxylic acids is 5. The van der Waals surface area contributed by atoms with E-state index in [-0.39, 0.29) is 54.7 Å². The fourth-order valence-corrected chi connectivity index (χ4v) is 6.44. The molecule has 2 rings (SSSR count). The van der Waals surface area contributed by atoms with E-state index in [1.54, 1.807) is 26.0 Å². The van der Waals surface area contributed by atoms with Gasteiger partial charge in [-0.1, -0.05) is 24.4 Å². The van der Waals surface area contributed by atoms with Crippen molar-refractivity contribution in [1.29, 1.82) is 0 Å². The summed E-state index contributed by atoms with van der Waals surface area (Å²) in [6.45, 7) is 6.47. The van der Waals surface area contributed by atoms with Crippen LogP contribution in [0.3, 0.4) is 0 Å². The van der Waals surface area contributed by atoms with Gasteiger partial charge in [-0.25, -0.2) is 9.78 Å². The van der Waals surface area contributed by atoms with E-state index in [0.29, 0.717) is 59.9 Å². The summed E-state index contributed by atoms with van der Waals surface area (Å²) in [4.78, 5) is 99.2. The Bertz CT molecular complexity index is 2050. The summed E-state index contributed by atoms with van der Waals surface area (Å²) in [6, 6.07) is -3.15. The summed E-state index contributed by atoms with van der Waals surface area (Å²) in [6.07, 6.45) is 3.20. The van der Waals surface area contributed by atoms with Crippen molar-refractivity contribution in [1.82, 2.24) is 47.2 Å². The van der Waals surface area contributed by atoms with Crippen LogP contribution in [0.25, 0.3) is 0 Å². The Balaban J connectivity index is 2.10. The van der Waals surface area contributed by atoms with Crippen LogP contribution in [0.1, 0.15) is 90.2 Å². The molecule has 5 atom stereocenters. The quantitative estimate of drug-likeness (QED) is 0.0369. The van der Waals surface area contributed by atoms with Crippen molar-refractivity contribution >= 4 is 87.7 Å². The van der Waals surface area contributed by atoms with Crippen molar-refractivity contribution in [3.05, 3.63) is 29.5 Å². The van der Waals surface area contributed by atoms with Crippen molar-refractivity contribution in [3.8, 4) is 17.2 Å². The summed E-state index contributed by atoms with van der Waals surface area (Å²) in [7, 11) is 2.74. The first-order valence-corrected chi connectivity index (χ1v) is 22.2. The molecule has 5 unspecified atom stereocenters. The minimum absolute atomic E-state index is 0.0151. The van der Waals surface area contributed by atoms with Crippen molar-refractivity contribution in [2.75, 3.05) is 45.4 Å². The molecule has 0 bridgehead atoms. The average Bonchev–Trinajstić information content (AvgIpc) is 3.26. The largest absolute Gasteiger partial charge is 0.493 e. The van der Waals surface area contributed by atoms with E-state index in [1.807, 2.05) is 0 Å². The number of nitrogens with zero attached hydrogens (tertiary/aromatic N) is 2. The van der Waals surface area contributed by atoms with Crippen LogP contribution in [0.15, 0.2) is 18.3 Å². The molecule has 13 N–H and O–H groups in total. The van der Waals surface area contributed by atoms with E-state index in [1.165, 1.54) is 34.3 Å². The van der Waals surface area contributed by atoms with Gasteiger partial charge in [0.1, 0.15) is 36.0 Å². The lowest BCUT2D eigenvalue weighted by atomic mass is 10.1. The maximum atomic E-state index is 13.4. The molecule has 1 aromatic carbocycles. The molecule has 1 heterocycles. The van der Waals surface area contributed by atoms with Crippen LogP contribution in [0.5, 0.6) is 17.2 Å². The van der Waals surface area contributed by atoms with Gasteiger partial charge in [-0.05, 0) is 90.3 Å². The van der Waals surface area contributed by atoms with Gasteiger partial charge in [-0.3, -0.25) is 28.8 Å². The lowest BCUT2D eigenvalue weighted by Gasteiger charge is -2.24. The highest BCUT2D eigenvalue weighted by molar-refractivity contribution is 7.80. The monoisotopic (exact) mass is 977 g/mol. The number of methoxy groups -OCH3 is 2. The SMILES string of the molecule is COc1cc(Cc2cnc(N)nc2N)cc(OC)c1OCC(=O)NC(CCC(=O)O)C(=O)NC(C)C(=O)NC(C)C(=O)NC(CCCCNC(C)=S)C(=O)NC(CCCCNC(C)=S)C(=O)O. The lowest BCUT2D eigenvalue weighted by Crippen LogP contribution is -2.57. The van der Waals surface area contributed by atoms with Crippen molar-refractivity contribution in [2.24, 2.45) is 0 Å². The van der Waals surface area contributed by atoms with Crippen LogP contribution in [-0.4, -0.2) is 136 Å². The number of hydrogen-bond donors (Lipinski definition) is 11. The fraction of sp³-hybridized carbons (Fsp3) is 0.548. The molecule has 0 aliphatic carbocycles. The van der Waals surface area contributed by atoms with Crippen molar-refractivity contribution in [3.63, 3.8) is 0 Å². The van der Waals surface area contributed by atoms with E-state index < -0.39 is 84.7 Å².